The Morgan fingerprint density at radius 1 is 1.27 bits per heavy atom. The van der Waals surface area contributed by atoms with Crippen LogP contribution in [0.4, 0.5) is 18.0 Å². The fourth-order valence-corrected chi connectivity index (χ4v) is 3.73. The topological polar surface area (TPSA) is 92.9 Å². The molecule has 0 radical (unpaired) electrons. The molecule has 1 atom stereocenters. The molecule has 0 bridgehead atoms. The average Bonchev–Trinajstić information content (AvgIpc) is 3.12. The van der Waals surface area contributed by atoms with Gasteiger partial charge >= 0.3 is 6.09 Å². The van der Waals surface area contributed by atoms with E-state index in [4.69, 9.17) is 5.11 Å². The highest BCUT2D eigenvalue weighted by Gasteiger charge is 2.28. The number of hydrogen-bond acceptors (Lipinski definition) is 4. The van der Waals surface area contributed by atoms with E-state index in [0.717, 1.165) is 23.7 Å². The van der Waals surface area contributed by atoms with Gasteiger partial charge in [-0.3, -0.25) is 0 Å². The maximum Gasteiger partial charge on any atom is 0.405 e. The summed E-state index contributed by atoms with van der Waals surface area (Å²) in [5.41, 5.74) is 2.15. The first-order valence-electron chi connectivity index (χ1n) is 9.37. The summed E-state index contributed by atoms with van der Waals surface area (Å²) in [4.78, 5) is 15.3. The third kappa shape index (κ3) is 4.12. The lowest BCUT2D eigenvalue weighted by Crippen LogP contribution is -2.30. The molecule has 1 unspecified atom stereocenters. The van der Waals surface area contributed by atoms with E-state index < -0.39 is 24.4 Å². The van der Waals surface area contributed by atoms with Gasteiger partial charge in [0, 0.05) is 11.8 Å². The van der Waals surface area contributed by atoms with E-state index in [2.05, 4.69) is 20.6 Å². The largest absolute Gasteiger partial charge is 0.465 e. The van der Waals surface area contributed by atoms with Crippen LogP contribution in [0.1, 0.15) is 53.4 Å². The number of halogens is 3. The molecule has 1 aromatic carbocycles. The third-order valence-corrected chi connectivity index (χ3v) is 4.99. The highest BCUT2D eigenvalue weighted by Crippen LogP contribution is 2.29. The van der Waals surface area contributed by atoms with Crippen molar-refractivity contribution in [2.24, 2.45) is 0 Å². The number of fused-ring (bicyclic) bond motifs is 1. The molecule has 156 valence electrons. The van der Waals surface area contributed by atoms with E-state index in [1.165, 1.54) is 12.1 Å². The van der Waals surface area contributed by atoms with Gasteiger partial charge in [-0.15, -0.1) is 5.10 Å². The van der Waals surface area contributed by atoms with Crippen LogP contribution in [-0.2, 0) is 12.8 Å². The smallest absolute Gasteiger partial charge is 0.405 e. The molecule has 0 aliphatic heterocycles. The van der Waals surface area contributed by atoms with Gasteiger partial charge in [0.1, 0.15) is 11.5 Å². The van der Waals surface area contributed by atoms with Crippen LogP contribution in [0.15, 0.2) is 36.5 Å². The fraction of sp³-hybridized carbons (Fsp3) is 0.300. The molecular formula is C20H18F3N5O2. The second kappa shape index (κ2) is 8.13. The zero-order chi connectivity index (χ0) is 21.3. The molecule has 1 amide bonds. The Hall–Kier alpha value is -3.43. The van der Waals surface area contributed by atoms with Gasteiger partial charge in [0.15, 0.2) is 5.82 Å². The summed E-state index contributed by atoms with van der Waals surface area (Å²) in [6, 6.07) is 6.36. The summed E-state index contributed by atoms with van der Waals surface area (Å²) >= 11 is 0. The molecule has 0 saturated heterocycles. The number of amides is 1. The van der Waals surface area contributed by atoms with Gasteiger partial charge in [0.25, 0.3) is 6.43 Å². The standard InChI is InChI=1S/C20H18F3N5O2/c21-14-8-12(7-13(10-14)19(22)23)6-11-4-5-24-17(9-11)28-16-3-1-2-15(25-20(29)30)18(16)26-27-28/h4-5,7-10,15,19,25H,1-3,6H2,(H,29,30). The van der Waals surface area contributed by atoms with Gasteiger partial charge < -0.3 is 10.4 Å². The maximum absolute atomic E-state index is 13.7. The van der Waals surface area contributed by atoms with Crippen molar-refractivity contribution in [1.82, 2.24) is 25.3 Å². The van der Waals surface area contributed by atoms with Crippen LogP contribution in [0.5, 0.6) is 0 Å². The van der Waals surface area contributed by atoms with Gasteiger partial charge in [-0.1, -0.05) is 5.21 Å². The molecule has 1 aliphatic rings. The number of pyridine rings is 1. The van der Waals surface area contributed by atoms with E-state index in [-0.39, 0.29) is 12.0 Å². The van der Waals surface area contributed by atoms with E-state index in [9.17, 15) is 18.0 Å². The van der Waals surface area contributed by atoms with E-state index in [1.54, 1.807) is 23.0 Å². The normalized spacial score (nSPS) is 15.8. The summed E-state index contributed by atoms with van der Waals surface area (Å²) in [5, 5.41) is 19.7. The number of carbonyl (C=O) groups is 1. The number of rotatable bonds is 5. The Kier molecular flexibility index (Phi) is 5.39. The lowest BCUT2D eigenvalue weighted by Gasteiger charge is -2.21. The van der Waals surface area contributed by atoms with Crippen LogP contribution in [0.25, 0.3) is 5.82 Å². The summed E-state index contributed by atoms with van der Waals surface area (Å²) in [7, 11) is 0. The van der Waals surface area contributed by atoms with Crippen LogP contribution in [-0.4, -0.2) is 31.2 Å². The average molecular weight is 417 g/mol. The number of nitrogens with one attached hydrogen (secondary N) is 1. The van der Waals surface area contributed by atoms with Crippen molar-refractivity contribution < 1.29 is 23.1 Å². The van der Waals surface area contributed by atoms with Crippen LogP contribution in [0.3, 0.4) is 0 Å². The number of benzene rings is 1. The van der Waals surface area contributed by atoms with Crippen LogP contribution in [0, 0.1) is 5.82 Å². The first kappa shape index (κ1) is 19.9. The molecule has 30 heavy (non-hydrogen) atoms. The van der Waals surface area contributed by atoms with Gasteiger partial charge in [0.05, 0.1) is 11.7 Å². The van der Waals surface area contributed by atoms with E-state index in [0.29, 0.717) is 29.9 Å². The number of carboxylic acid groups (broad SMARTS) is 1. The predicted octanol–water partition coefficient (Wildman–Crippen LogP) is 3.97. The summed E-state index contributed by atoms with van der Waals surface area (Å²) < 4.78 is 41.2. The fourth-order valence-electron chi connectivity index (χ4n) is 3.73. The first-order chi connectivity index (χ1) is 14.4. The summed E-state index contributed by atoms with van der Waals surface area (Å²) in [6.45, 7) is 0. The molecule has 2 aromatic heterocycles. The monoisotopic (exact) mass is 417 g/mol. The molecule has 10 heteroatoms. The minimum Gasteiger partial charge on any atom is -0.465 e. The van der Waals surface area contributed by atoms with Crippen LogP contribution in [0.2, 0.25) is 0 Å². The van der Waals surface area contributed by atoms with Crippen molar-refractivity contribution in [2.75, 3.05) is 0 Å². The molecule has 0 saturated carbocycles. The number of aromatic nitrogens is 4. The summed E-state index contributed by atoms with van der Waals surface area (Å²) in [5.74, 6) is -0.234. The van der Waals surface area contributed by atoms with Crippen molar-refractivity contribution in [3.63, 3.8) is 0 Å². The quantitative estimate of drug-likeness (QED) is 0.655. The lowest BCUT2D eigenvalue weighted by molar-refractivity contribution is 0.151. The first-order valence-corrected chi connectivity index (χ1v) is 9.37. The van der Waals surface area contributed by atoms with Crippen LogP contribution >= 0.6 is 0 Å². The Morgan fingerprint density at radius 2 is 2.10 bits per heavy atom. The van der Waals surface area contributed by atoms with Crippen molar-refractivity contribution in [2.45, 2.75) is 38.2 Å². The minimum atomic E-state index is -2.75. The third-order valence-electron chi connectivity index (χ3n) is 4.99. The van der Waals surface area contributed by atoms with Crippen molar-refractivity contribution in [1.29, 1.82) is 0 Å². The van der Waals surface area contributed by atoms with Gasteiger partial charge in [-0.25, -0.2) is 22.9 Å². The number of hydrogen-bond donors (Lipinski definition) is 2. The second-order valence-electron chi connectivity index (χ2n) is 7.12. The Balaban J connectivity index is 1.62. The van der Waals surface area contributed by atoms with Crippen LogP contribution < -0.4 is 5.32 Å². The Morgan fingerprint density at radius 3 is 2.87 bits per heavy atom. The van der Waals surface area contributed by atoms with Gasteiger partial charge in [-0.05, 0) is 67.1 Å². The molecule has 2 heterocycles. The lowest BCUT2D eigenvalue weighted by atomic mass is 9.96. The van der Waals surface area contributed by atoms with Crippen molar-refractivity contribution >= 4 is 6.09 Å². The number of nitrogens with zero attached hydrogens (tertiary/aromatic N) is 4. The molecule has 7 nitrogen and oxygen atoms in total. The number of alkyl halides is 2. The molecule has 0 spiro atoms. The highest BCUT2D eigenvalue weighted by molar-refractivity contribution is 5.65. The zero-order valence-electron chi connectivity index (χ0n) is 15.7. The van der Waals surface area contributed by atoms with Crippen molar-refractivity contribution in [3.8, 4) is 5.82 Å². The Labute approximate surface area is 169 Å². The molecular weight excluding hydrogens is 399 g/mol. The van der Waals surface area contributed by atoms with E-state index >= 15 is 0 Å². The minimum absolute atomic E-state index is 0.243. The highest BCUT2D eigenvalue weighted by atomic mass is 19.3. The summed E-state index contributed by atoms with van der Waals surface area (Å²) in [6.07, 6.45) is 0.00690. The van der Waals surface area contributed by atoms with Gasteiger partial charge in [-0.2, -0.15) is 4.68 Å². The Bertz CT molecular complexity index is 1090. The molecule has 1 aliphatic carbocycles. The maximum atomic E-state index is 13.7. The molecule has 2 N–H and O–H groups in total. The zero-order valence-corrected chi connectivity index (χ0v) is 15.7. The second-order valence-corrected chi connectivity index (χ2v) is 7.12. The SMILES string of the molecule is O=C(O)NC1CCCc2c1nnn2-c1cc(Cc2cc(F)cc(C(F)F)c2)ccn1. The van der Waals surface area contributed by atoms with Crippen molar-refractivity contribution in [3.05, 3.63) is 70.4 Å². The molecule has 3 aromatic rings. The molecule has 0 fully saturated rings. The molecule has 4 rings (SSSR count). The predicted molar refractivity (Wildman–Crippen MR) is 100 cm³/mol. The van der Waals surface area contributed by atoms with Gasteiger partial charge in [0.2, 0.25) is 0 Å². The van der Waals surface area contributed by atoms with E-state index in [1.807, 2.05) is 0 Å².